The molecule has 1 N–H and O–H groups in total. The van der Waals surface area contributed by atoms with Crippen LogP contribution in [0.15, 0.2) is 30.3 Å². The van der Waals surface area contributed by atoms with Gasteiger partial charge in [0.2, 0.25) is 0 Å². The molecule has 2 nitrogen and oxygen atoms in total. The fraction of sp³-hybridized carbons (Fsp3) is 0.647. The third-order valence-electron chi connectivity index (χ3n) is 3.92. The van der Waals surface area contributed by atoms with Crippen LogP contribution in [0.5, 0.6) is 0 Å². The minimum atomic E-state index is 0.164. The first-order chi connectivity index (χ1) is 9.03. The van der Waals surface area contributed by atoms with Crippen molar-refractivity contribution in [2.24, 2.45) is 0 Å². The van der Waals surface area contributed by atoms with Crippen LogP contribution >= 0.6 is 0 Å². The Morgan fingerprint density at radius 2 is 1.79 bits per heavy atom. The standard InChI is InChI=1S/C17H30N2/c1-6-18-13-17(5,14-19(7-2)15(3)4)16-11-9-8-10-12-16/h8-12,15,18H,6-7,13-14H2,1-5H3. The van der Waals surface area contributed by atoms with Gasteiger partial charge in [0.1, 0.15) is 0 Å². The first-order valence-electron chi connectivity index (χ1n) is 7.53. The van der Waals surface area contributed by atoms with Crippen LogP contribution in [0, 0.1) is 0 Å². The number of hydrogen-bond donors (Lipinski definition) is 1. The van der Waals surface area contributed by atoms with E-state index in [0.29, 0.717) is 6.04 Å². The van der Waals surface area contributed by atoms with Crippen molar-refractivity contribution in [1.82, 2.24) is 10.2 Å². The average molecular weight is 262 g/mol. The number of nitrogens with one attached hydrogen (secondary N) is 1. The summed E-state index contributed by atoms with van der Waals surface area (Å²) in [5.74, 6) is 0. The number of benzene rings is 1. The van der Waals surface area contributed by atoms with Crippen LogP contribution in [0.3, 0.4) is 0 Å². The van der Waals surface area contributed by atoms with Gasteiger partial charge in [-0.15, -0.1) is 0 Å². The third kappa shape index (κ3) is 4.63. The van der Waals surface area contributed by atoms with E-state index in [-0.39, 0.29) is 5.41 Å². The molecule has 0 aromatic heterocycles. The quantitative estimate of drug-likeness (QED) is 0.773. The molecule has 19 heavy (non-hydrogen) atoms. The lowest BCUT2D eigenvalue weighted by atomic mass is 9.81. The van der Waals surface area contributed by atoms with E-state index in [2.05, 4.69) is 75.2 Å². The fourth-order valence-electron chi connectivity index (χ4n) is 2.60. The largest absolute Gasteiger partial charge is 0.316 e. The highest BCUT2D eigenvalue weighted by atomic mass is 15.1. The minimum absolute atomic E-state index is 0.164. The van der Waals surface area contributed by atoms with Crippen LogP contribution in [0.25, 0.3) is 0 Å². The molecule has 0 saturated carbocycles. The Hall–Kier alpha value is -0.860. The van der Waals surface area contributed by atoms with Crippen molar-refractivity contribution in [1.29, 1.82) is 0 Å². The van der Waals surface area contributed by atoms with Gasteiger partial charge in [0.05, 0.1) is 0 Å². The molecule has 0 saturated heterocycles. The van der Waals surface area contributed by atoms with E-state index >= 15 is 0 Å². The first-order valence-corrected chi connectivity index (χ1v) is 7.53. The number of nitrogens with zero attached hydrogens (tertiary/aromatic N) is 1. The number of hydrogen-bond acceptors (Lipinski definition) is 2. The Labute approximate surface area is 119 Å². The van der Waals surface area contributed by atoms with Crippen LogP contribution in [0.2, 0.25) is 0 Å². The van der Waals surface area contributed by atoms with Crippen molar-refractivity contribution in [2.75, 3.05) is 26.2 Å². The van der Waals surface area contributed by atoms with Gasteiger partial charge in [-0.25, -0.2) is 0 Å². The topological polar surface area (TPSA) is 15.3 Å². The maximum Gasteiger partial charge on any atom is 0.0177 e. The molecule has 2 heteroatoms. The van der Waals surface area contributed by atoms with Crippen molar-refractivity contribution in [3.63, 3.8) is 0 Å². The second kappa shape index (κ2) is 7.66. The molecule has 0 radical (unpaired) electrons. The molecule has 0 aliphatic carbocycles. The highest BCUT2D eigenvalue weighted by Crippen LogP contribution is 2.25. The van der Waals surface area contributed by atoms with Crippen LogP contribution in [-0.2, 0) is 5.41 Å². The lowest BCUT2D eigenvalue weighted by Crippen LogP contribution is -2.47. The van der Waals surface area contributed by atoms with E-state index in [4.69, 9.17) is 0 Å². The first kappa shape index (κ1) is 16.2. The highest BCUT2D eigenvalue weighted by molar-refractivity contribution is 5.25. The zero-order valence-electron chi connectivity index (χ0n) is 13.2. The van der Waals surface area contributed by atoms with E-state index in [1.807, 2.05) is 0 Å². The van der Waals surface area contributed by atoms with Gasteiger partial charge in [-0.3, -0.25) is 0 Å². The normalized spacial score (nSPS) is 14.9. The van der Waals surface area contributed by atoms with Gasteiger partial charge in [0.25, 0.3) is 0 Å². The average Bonchev–Trinajstić information content (AvgIpc) is 2.43. The summed E-state index contributed by atoms with van der Waals surface area (Å²) >= 11 is 0. The van der Waals surface area contributed by atoms with Crippen molar-refractivity contribution >= 4 is 0 Å². The van der Waals surface area contributed by atoms with Crippen LogP contribution in [0.4, 0.5) is 0 Å². The lowest BCUT2D eigenvalue weighted by molar-refractivity contribution is 0.181. The summed E-state index contributed by atoms with van der Waals surface area (Å²) < 4.78 is 0. The zero-order valence-corrected chi connectivity index (χ0v) is 13.2. The number of rotatable bonds is 8. The van der Waals surface area contributed by atoms with Gasteiger partial charge in [0.15, 0.2) is 0 Å². The molecule has 0 heterocycles. The molecule has 0 fully saturated rings. The van der Waals surface area contributed by atoms with E-state index in [0.717, 1.165) is 26.2 Å². The smallest absolute Gasteiger partial charge is 0.0177 e. The Kier molecular flexibility index (Phi) is 6.53. The molecule has 1 aromatic rings. The van der Waals surface area contributed by atoms with Crippen LogP contribution < -0.4 is 5.32 Å². The highest BCUT2D eigenvalue weighted by Gasteiger charge is 2.29. The van der Waals surface area contributed by atoms with Gasteiger partial charge < -0.3 is 10.2 Å². The molecule has 1 rings (SSSR count). The molecular weight excluding hydrogens is 232 g/mol. The maximum absolute atomic E-state index is 3.53. The zero-order chi connectivity index (χ0) is 14.3. The number of likely N-dealkylation sites (N-methyl/N-ethyl adjacent to an activating group) is 2. The Bertz CT molecular complexity index is 348. The predicted octanol–water partition coefficient (Wildman–Crippen LogP) is 3.28. The second-order valence-corrected chi connectivity index (χ2v) is 5.86. The minimum Gasteiger partial charge on any atom is -0.316 e. The van der Waals surface area contributed by atoms with E-state index in [1.165, 1.54) is 5.56 Å². The summed E-state index contributed by atoms with van der Waals surface area (Å²) in [7, 11) is 0. The predicted molar refractivity (Wildman–Crippen MR) is 84.7 cm³/mol. The van der Waals surface area contributed by atoms with E-state index in [9.17, 15) is 0 Å². The molecule has 1 aromatic carbocycles. The summed E-state index contributed by atoms with van der Waals surface area (Å²) in [6, 6.07) is 11.5. The molecule has 0 aliphatic rings. The molecular formula is C17H30N2. The SMILES string of the molecule is CCNCC(C)(CN(CC)C(C)C)c1ccccc1. The molecule has 1 atom stereocenters. The maximum atomic E-state index is 3.53. The Balaban J connectivity index is 2.92. The lowest BCUT2D eigenvalue weighted by Gasteiger charge is -2.38. The molecule has 108 valence electrons. The monoisotopic (exact) mass is 262 g/mol. The van der Waals surface area contributed by atoms with Gasteiger partial charge in [-0.05, 0) is 32.5 Å². The van der Waals surface area contributed by atoms with Crippen LogP contribution in [-0.4, -0.2) is 37.1 Å². The fourth-order valence-corrected chi connectivity index (χ4v) is 2.60. The summed E-state index contributed by atoms with van der Waals surface area (Å²) in [5, 5.41) is 3.53. The van der Waals surface area contributed by atoms with Crippen molar-refractivity contribution in [2.45, 2.75) is 46.1 Å². The summed E-state index contributed by atoms with van der Waals surface area (Å²) in [6.07, 6.45) is 0. The van der Waals surface area contributed by atoms with Crippen molar-refractivity contribution in [3.05, 3.63) is 35.9 Å². The van der Waals surface area contributed by atoms with Gasteiger partial charge in [-0.1, -0.05) is 51.1 Å². The summed E-state index contributed by atoms with van der Waals surface area (Å²) in [6.45, 7) is 15.6. The summed E-state index contributed by atoms with van der Waals surface area (Å²) in [4.78, 5) is 2.55. The third-order valence-corrected chi connectivity index (χ3v) is 3.92. The second-order valence-electron chi connectivity index (χ2n) is 5.86. The molecule has 0 spiro atoms. The molecule has 0 bridgehead atoms. The van der Waals surface area contributed by atoms with Crippen molar-refractivity contribution in [3.8, 4) is 0 Å². The molecule has 1 unspecified atom stereocenters. The van der Waals surface area contributed by atoms with Gasteiger partial charge in [0, 0.05) is 24.5 Å². The van der Waals surface area contributed by atoms with Gasteiger partial charge in [-0.2, -0.15) is 0 Å². The van der Waals surface area contributed by atoms with Crippen LogP contribution in [0.1, 0.15) is 40.2 Å². The molecule has 0 amide bonds. The van der Waals surface area contributed by atoms with E-state index < -0.39 is 0 Å². The molecule has 0 aliphatic heterocycles. The Morgan fingerprint density at radius 1 is 1.16 bits per heavy atom. The Morgan fingerprint density at radius 3 is 2.26 bits per heavy atom. The van der Waals surface area contributed by atoms with E-state index in [1.54, 1.807) is 0 Å². The van der Waals surface area contributed by atoms with Gasteiger partial charge >= 0.3 is 0 Å². The van der Waals surface area contributed by atoms with Crippen molar-refractivity contribution < 1.29 is 0 Å². The summed E-state index contributed by atoms with van der Waals surface area (Å²) in [5.41, 5.74) is 1.59.